The van der Waals surface area contributed by atoms with Gasteiger partial charge in [-0.3, -0.25) is 4.79 Å². The Morgan fingerprint density at radius 2 is 2.16 bits per heavy atom. The number of carbonyl (C=O) groups is 2. The molecule has 0 aromatic heterocycles. The molecule has 0 saturated heterocycles. The van der Waals surface area contributed by atoms with E-state index in [-0.39, 0.29) is 11.9 Å². The molecule has 4 heteroatoms. The van der Waals surface area contributed by atoms with Gasteiger partial charge in [0.1, 0.15) is 0 Å². The summed E-state index contributed by atoms with van der Waals surface area (Å²) < 4.78 is 0. The molecule has 1 atom stereocenters. The zero-order valence-corrected chi connectivity index (χ0v) is 11.3. The third kappa shape index (κ3) is 3.13. The molecule has 0 saturated carbocycles. The van der Waals surface area contributed by atoms with Crippen LogP contribution >= 0.6 is 0 Å². The van der Waals surface area contributed by atoms with E-state index in [4.69, 9.17) is 5.11 Å². The number of hydrogen-bond acceptors (Lipinski definition) is 2. The van der Waals surface area contributed by atoms with Gasteiger partial charge in [-0.2, -0.15) is 0 Å². The average molecular weight is 261 g/mol. The number of carbonyl (C=O) groups excluding carboxylic acids is 1. The summed E-state index contributed by atoms with van der Waals surface area (Å²) in [5.41, 5.74) is 2.41. The quantitative estimate of drug-likeness (QED) is 0.875. The third-order valence-corrected chi connectivity index (χ3v) is 3.40. The van der Waals surface area contributed by atoms with Crippen molar-refractivity contribution in [2.45, 2.75) is 39.2 Å². The summed E-state index contributed by atoms with van der Waals surface area (Å²) >= 11 is 0. The van der Waals surface area contributed by atoms with E-state index in [2.05, 4.69) is 5.32 Å². The van der Waals surface area contributed by atoms with E-state index in [9.17, 15) is 9.59 Å². The number of rotatable bonds is 4. The highest BCUT2D eigenvalue weighted by molar-refractivity contribution is 5.88. The van der Waals surface area contributed by atoms with Gasteiger partial charge in [-0.25, -0.2) is 4.79 Å². The summed E-state index contributed by atoms with van der Waals surface area (Å²) in [5, 5.41) is 12.0. The first kappa shape index (κ1) is 13.6. The summed E-state index contributed by atoms with van der Waals surface area (Å²) in [5.74, 6) is -0.500. The fourth-order valence-corrected chi connectivity index (χ4v) is 2.52. The number of aromatic carboxylic acids is 1. The van der Waals surface area contributed by atoms with Crippen molar-refractivity contribution in [3.05, 3.63) is 34.9 Å². The lowest BCUT2D eigenvalue weighted by Gasteiger charge is -2.15. The first-order valence-electron chi connectivity index (χ1n) is 6.63. The zero-order valence-electron chi connectivity index (χ0n) is 11.3. The van der Waals surface area contributed by atoms with Crippen LogP contribution in [0.1, 0.15) is 54.2 Å². The molecular weight excluding hydrogens is 242 g/mol. The molecule has 1 aliphatic carbocycles. The van der Waals surface area contributed by atoms with Gasteiger partial charge >= 0.3 is 5.97 Å². The first-order chi connectivity index (χ1) is 8.97. The Hall–Kier alpha value is -1.84. The van der Waals surface area contributed by atoms with Gasteiger partial charge in [-0.15, -0.1) is 0 Å². The van der Waals surface area contributed by atoms with Crippen LogP contribution in [0, 0.1) is 5.92 Å². The van der Waals surface area contributed by atoms with E-state index >= 15 is 0 Å². The Balaban J connectivity index is 2.10. The molecule has 0 radical (unpaired) electrons. The lowest BCUT2D eigenvalue weighted by atomic mass is 10.0. The second-order valence-corrected chi connectivity index (χ2v) is 5.48. The molecular formula is C15H19NO3. The van der Waals surface area contributed by atoms with E-state index in [1.807, 2.05) is 19.9 Å². The number of carboxylic acid groups (broad SMARTS) is 1. The number of fused-ring (bicyclic) bond motifs is 1. The maximum atomic E-state index is 11.8. The molecule has 2 N–H and O–H groups in total. The number of nitrogens with one attached hydrogen (secondary N) is 1. The standard InChI is InChI=1S/C15H19NO3/c1-9(2)7-14(17)16-13-6-4-10-8-11(15(18)19)3-5-12(10)13/h3,5,8-9,13H,4,6-7H2,1-2H3,(H,16,17)(H,18,19). The summed E-state index contributed by atoms with van der Waals surface area (Å²) in [6, 6.07) is 5.18. The Morgan fingerprint density at radius 1 is 1.42 bits per heavy atom. The normalized spacial score (nSPS) is 17.3. The predicted molar refractivity (Wildman–Crippen MR) is 72.1 cm³/mol. The maximum absolute atomic E-state index is 11.8. The van der Waals surface area contributed by atoms with Crippen LogP contribution < -0.4 is 5.32 Å². The molecule has 0 heterocycles. The largest absolute Gasteiger partial charge is 0.478 e. The van der Waals surface area contributed by atoms with Crippen molar-refractivity contribution in [3.8, 4) is 0 Å². The first-order valence-corrected chi connectivity index (χ1v) is 6.63. The van der Waals surface area contributed by atoms with Crippen molar-refractivity contribution in [1.82, 2.24) is 5.32 Å². The molecule has 102 valence electrons. The summed E-state index contributed by atoms with van der Waals surface area (Å²) in [4.78, 5) is 22.7. The maximum Gasteiger partial charge on any atom is 0.335 e. The highest BCUT2D eigenvalue weighted by Gasteiger charge is 2.24. The highest BCUT2D eigenvalue weighted by Crippen LogP contribution is 2.31. The molecule has 0 fully saturated rings. The van der Waals surface area contributed by atoms with Gasteiger partial charge in [0.15, 0.2) is 0 Å². The second kappa shape index (κ2) is 5.43. The molecule has 4 nitrogen and oxygen atoms in total. The Bertz CT molecular complexity index is 508. The monoisotopic (exact) mass is 261 g/mol. The lowest BCUT2D eigenvalue weighted by molar-refractivity contribution is -0.122. The van der Waals surface area contributed by atoms with Gasteiger partial charge in [0.05, 0.1) is 11.6 Å². The van der Waals surface area contributed by atoms with Crippen LogP contribution in [0.5, 0.6) is 0 Å². The predicted octanol–water partition coefficient (Wildman–Crippen LogP) is 2.53. The number of carboxylic acids is 1. The Morgan fingerprint density at radius 3 is 2.79 bits per heavy atom. The zero-order chi connectivity index (χ0) is 14.0. The Kier molecular flexibility index (Phi) is 3.88. The van der Waals surface area contributed by atoms with Gasteiger partial charge in [0.2, 0.25) is 5.91 Å². The molecule has 19 heavy (non-hydrogen) atoms. The van der Waals surface area contributed by atoms with Crippen LogP contribution in [0.4, 0.5) is 0 Å². The molecule has 1 unspecified atom stereocenters. The van der Waals surface area contributed by atoms with Gasteiger partial charge in [-0.1, -0.05) is 19.9 Å². The summed E-state index contributed by atoms with van der Waals surface area (Å²) in [6.45, 7) is 4.03. The van der Waals surface area contributed by atoms with Crippen molar-refractivity contribution in [2.75, 3.05) is 0 Å². The van der Waals surface area contributed by atoms with E-state index in [1.54, 1.807) is 12.1 Å². The fraction of sp³-hybridized carbons (Fsp3) is 0.467. The van der Waals surface area contributed by atoms with E-state index < -0.39 is 5.97 Å². The SMILES string of the molecule is CC(C)CC(=O)NC1CCc2cc(C(=O)O)ccc21. The molecule has 1 aliphatic rings. The molecule has 0 spiro atoms. The lowest BCUT2D eigenvalue weighted by Crippen LogP contribution is -2.27. The van der Waals surface area contributed by atoms with Crippen molar-refractivity contribution in [2.24, 2.45) is 5.92 Å². The highest BCUT2D eigenvalue weighted by atomic mass is 16.4. The summed E-state index contributed by atoms with van der Waals surface area (Å²) in [6.07, 6.45) is 2.20. The van der Waals surface area contributed by atoms with Crippen LogP contribution in [-0.2, 0) is 11.2 Å². The molecule has 1 aromatic carbocycles. The topological polar surface area (TPSA) is 66.4 Å². The fourth-order valence-electron chi connectivity index (χ4n) is 2.52. The van der Waals surface area contributed by atoms with Crippen LogP contribution in [-0.4, -0.2) is 17.0 Å². The number of amides is 1. The van der Waals surface area contributed by atoms with Gasteiger partial charge in [0, 0.05) is 6.42 Å². The van der Waals surface area contributed by atoms with Gasteiger partial charge in [0.25, 0.3) is 0 Å². The van der Waals surface area contributed by atoms with E-state index in [1.165, 1.54) is 0 Å². The third-order valence-electron chi connectivity index (χ3n) is 3.40. The van der Waals surface area contributed by atoms with Crippen LogP contribution in [0.15, 0.2) is 18.2 Å². The summed E-state index contributed by atoms with van der Waals surface area (Å²) in [7, 11) is 0. The molecule has 2 rings (SSSR count). The minimum absolute atomic E-state index is 0.0316. The van der Waals surface area contributed by atoms with Crippen LogP contribution in [0.2, 0.25) is 0 Å². The number of aryl methyl sites for hydroxylation is 1. The van der Waals surface area contributed by atoms with Crippen LogP contribution in [0.3, 0.4) is 0 Å². The molecule has 1 aromatic rings. The number of hydrogen-bond donors (Lipinski definition) is 2. The molecule has 0 aliphatic heterocycles. The van der Waals surface area contributed by atoms with Gasteiger partial charge in [-0.05, 0) is 42.0 Å². The second-order valence-electron chi connectivity index (χ2n) is 5.48. The smallest absolute Gasteiger partial charge is 0.335 e. The average Bonchev–Trinajstić information content (AvgIpc) is 2.70. The van der Waals surface area contributed by atoms with E-state index in [0.717, 1.165) is 24.0 Å². The molecule has 0 bridgehead atoms. The van der Waals surface area contributed by atoms with Crippen molar-refractivity contribution in [3.63, 3.8) is 0 Å². The Labute approximate surface area is 112 Å². The van der Waals surface area contributed by atoms with E-state index in [0.29, 0.717) is 17.9 Å². The van der Waals surface area contributed by atoms with Gasteiger partial charge < -0.3 is 10.4 Å². The van der Waals surface area contributed by atoms with Crippen molar-refractivity contribution in [1.29, 1.82) is 0 Å². The number of benzene rings is 1. The minimum atomic E-state index is -0.907. The molecule has 1 amide bonds. The van der Waals surface area contributed by atoms with Crippen LogP contribution in [0.25, 0.3) is 0 Å². The van der Waals surface area contributed by atoms with Crippen molar-refractivity contribution >= 4 is 11.9 Å². The van der Waals surface area contributed by atoms with Crippen molar-refractivity contribution < 1.29 is 14.7 Å². The minimum Gasteiger partial charge on any atom is -0.478 e.